The van der Waals surface area contributed by atoms with Crippen LogP contribution in [-0.2, 0) is 7.05 Å². The summed E-state index contributed by atoms with van der Waals surface area (Å²) in [6.45, 7) is 0. The highest BCUT2D eigenvalue weighted by atomic mass is 32.2. The van der Waals surface area contributed by atoms with Gasteiger partial charge in [0.15, 0.2) is 0 Å². The summed E-state index contributed by atoms with van der Waals surface area (Å²) in [4.78, 5) is 0. The lowest BCUT2D eigenvalue weighted by molar-refractivity contribution is -0.0330. The van der Waals surface area contributed by atoms with Crippen molar-refractivity contribution < 1.29 is 13.2 Å². The molecule has 0 unspecified atom stereocenters. The predicted octanol–water partition coefficient (Wildman–Crippen LogP) is 1.90. The molecule has 1 heterocycles. The molecule has 0 saturated carbocycles. The summed E-state index contributed by atoms with van der Waals surface area (Å²) in [5.41, 5.74) is -4.45. The summed E-state index contributed by atoms with van der Waals surface area (Å²) >= 11 is -0.337. The maximum absolute atomic E-state index is 11.9. The number of aromatic nitrogens is 2. The molecule has 1 aromatic rings. The van der Waals surface area contributed by atoms with Gasteiger partial charge in [-0.1, -0.05) is 0 Å². The largest absolute Gasteiger partial charge is 0.447 e. The molecule has 0 radical (unpaired) electrons. The summed E-state index contributed by atoms with van der Waals surface area (Å²) in [5, 5.41) is 11.8. The molecule has 13 heavy (non-hydrogen) atoms. The van der Waals surface area contributed by atoms with E-state index >= 15 is 0 Å². The standard InChI is InChI=1S/C6H4F3N3S/c1-12-5(13-6(7,8)9)4(2-10)3-11-12/h3H,1H3. The average Bonchev–Trinajstić information content (AvgIpc) is 2.30. The Labute approximate surface area is 76.1 Å². The summed E-state index contributed by atoms with van der Waals surface area (Å²) in [5.74, 6) is 0. The van der Waals surface area contributed by atoms with Gasteiger partial charge in [-0.15, -0.1) is 0 Å². The smallest absolute Gasteiger partial charge is 0.260 e. The van der Waals surface area contributed by atoms with Crippen molar-refractivity contribution in [3.8, 4) is 6.07 Å². The Morgan fingerprint density at radius 1 is 1.62 bits per heavy atom. The number of halogens is 3. The normalized spacial score (nSPS) is 11.3. The molecule has 0 aliphatic carbocycles. The average molecular weight is 207 g/mol. The number of aryl methyl sites for hydroxylation is 1. The van der Waals surface area contributed by atoms with Crippen molar-refractivity contribution in [1.29, 1.82) is 5.26 Å². The predicted molar refractivity (Wildman–Crippen MR) is 39.8 cm³/mol. The fourth-order valence-electron chi connectivity index (χ4n) is 0.734. The second-order valence-electron chi connectivity index (χ2n) is 2.15. The molecule has 3 nitrogen and oxygen atoms in total. The molecule has 0 saturated heterocycles. The van der Waals surface area contributed by atoms with Crippen LogP contribution in [0.25, 0.3) is 0 Å². The Morgan fingerprint density at radius 3 is 2.69 bits per heavy atom. The zero-order chi connectivity index (χ0) is 10.1. The molecule has 0 fully saturated rings. The van der Waals surface area contributed by atoms with Crippen LogP contribution in [0.4, 0.5) is 13.2 Å². The Hall–Kier alpha value is -1.16. The number of nitrogens with zero attached hydrogens (tertiary/aromatic N) is 3. The molecular weight excluding hydrogens is 203 g/mol. The van der Waals surface area contributed by atoms with Gasteiger partial charge in [0.2, 0.25) is 0 Å². The lowest BCUT2D eigenvalue weighted by Crippen LogP contribution is -2.03. The van der Waals surface area contributed by atoms with E-state index in [0.29, 0.717) is 0 Å². The fraction of sp³-hybridized carbons (Fsp3) is 0.333. The van der Waals surface area contributed by atoms with Crippen molar-refractivity contribution in [1.82, 2.24) is 9.78 Å². The molecular formula is C6H4F3N3S. The third-order valence-corrected chi connectivity index (χ3v) is 2.13. The summed E-state index contributed by atoms with van der Waals surface area (Å²) < 4.78 is 36.8. The molecule has 70 valence electrons. The van der Waals surface area contributed by atoms with Crippen molar-refractivity contribution in [3.63, 3.8) is 0 Å². The van der Waals surface area contributed by atoms with Gasteiger partial charge in [-0.3, -0.25) is 4.68 Å². The monoisotopic (exact) mass is 207 g/mol. The van der Waals surface area contributed by atoms with Gasteiger partial charge in [-0.05, 0) is 0 Å². The van der Waals surface area contributed by atoms with Crippen LogP contribution in [0.1, 0.15) is 5.56 Å². The number of hydrogen-bond donors (Lipinski definition) is 0. The number of nitriles is 1. The summed E-state index contributed by atoms with van der Waals surface area (Å²) in [6, 6.07) is 1.63. The first-order chi connectivity index (χ1) is 5.94. The van der Waals surface area contributed by atoms with Gasteiger partial charge in [0.25, 0.3) is 0 Å². The van der Waals surface area contributed by atoms with Crippen LogP contribution in [0, 0.1) is 11.3 Å². The van der Waals surface area contributed by atoms with E-state index in [-0.39, 0.29) is 22.4 Å². The van der Waals surface area contributed by atoms with Gasteiger partial charge in [0, 0.05) is 18.8 Å². The quantitative estimate of drug-likeness (QED) is 0.660. The van der Waals surface area contributed by atoms with Crippen molar-refractivity contribution in [2.75, 3.05) is 0 Å². The van der Waals surface area contributed by atoms with Gasteiger partial charge in [0.1, 0.15) is 16.7 Å². The zero-order valence-corrected chi connectivity index (χ0v) is 7.28. The minimum Gasteiger partial charge on any atom is -0.260 e. The van der Waals surface area contributed by atoms with E-state index in [1.807, 2.05) is 0 Å². The third-order valence-electron chi connectivity index (χ3n) is 1.22. The second-order valence-corrected chi connectivity index (χ2v) is 3.20. The van der Waals surface area contributed by atoms with E-state index < -0.39 is 5.51 Å². The molecule has 0 amide bonds. The first kappa shape index (κ1) is 9.92. The highest BCUT2D eigenvalue weighted by Gasteiger charge is 2.32. The number of thioether (sulfide) groups is 1. The molecule has 0 bridgehead atoms. The van der Waals surface area contributed by atoms with Crippen molar-refractivity contribution in [2.45, 2.75) is 10.5 Å². The first-order valence-corrected chi connectivity index (χ1v) is 3.93. The number of hydrogen-bond acceptors (Lipinski definition) is 3. The van der Waals surface area contributed by atoms with E-state index in [0.717, 1.165) is 10.9 Å². The first-order valence-electron chi connectivity index (χ1n) is 3.12. The molecule has 1 aromatic heterocycles. The van der Waals surface area contributed by atoms with Crippen molar-refractivity contribution in [2.24, 2.45) is 7.05 Å². The van der Waals surface area contributed by atoms with E-state index in [2.05, 4.69) is 5.10 Å². The van der Waals surface area contributed by atoms with Crippen LogP contribution in [0.3, 0.4) is 0 Å². The molecule has 1 rings (SSSR count). The molecule has 0 N–H and O–H groups in total. The van der Waals surface area contributed by atoms with E-state index in [4.69, 9.17) is 5.26 Å². The summed E-state index contributed by atoms with van der Waals surface area (Å²) in [6.07, 6.45) is 1.11. The van der Waals surface area contributed by atoms with E-state index in [1.165, 1.54) is 7.05 Å². The van der Waals surface area contributed by atoms with Gasteiger partial charge in [-0.25, -0.2) is 0 Å². The molecule has 0 spiro atoms. The minimum atomic E-state index is -4.39. The van der Waals surface area contributed by atoms with Crippen molar-refractivity contribution >= 4 is 11.8 Å². The minimum absolute atomic E-state index is 0.0650. The lowest BCUT2D eigenvalue weighted by Gasteiger charge is -2.05. The summed E-state index contributed by atoms with van der Waals surface area (Å²) in [7, 11) is 1.36. The molecule has 0 atom stereocenters. The van der Waals surface area contributed by atoms with Crippen LogP contribution in [0.15, 0.2) is 11.2 Å². The van der Waals surface area contributed by atoms with Gasteiger partial charge in [0.05, 0.1) is 6.20 Å². The third kappa shape index (κ3) is 2.39. The number of rotatable bonds is 1. The maximum Gasteiger partial charge on any atom is 0.447 e. The van der Waals surface area contributed by atoms with Crippen LogP contribution in [0.5, 0.6) is 0 Å². The molecule has 0 aliphatic rings. The van der Waals surface area contributed by atoms with Crippen LogP contribution in [0.2, 0.25) is 0 Å². The molecule has 0 aliphatic heterocycles. The second kappa shape index (κ2) is 3.30. The lowest BCUT2D eigenvalue weighted by atomic mass is 10.4. The molecule has 7 heteroatoms. The van der Waals surface area contributed by atoms with Crippen LogP contribution < -0.4 is 0 Å². The fourth-order valence-corrected chi connectivity index (χ4v) is 1.34. The van der Waals surface area contributed by atoms with Gasteiger partial charge >= 0.3 is 5.51 Å². The van der Waals surface area contributed by atoms with Gasteiger partial charge < -0.3 is 0 Å². The Bertz CT molecular complexity index is 349. The van der Waals surface area contributed by atoms with Crippen LogP contribution >= 0.6 is 11.8 Å². The maximum atomic E-state index is 11.9. The zero-order valence-electron chi connectivity index (χ0n) is 6.46. The molecule has 0 aromatic carbocycles. The van der Waals surface area contributed by atoms with Crippen molar-refractivity contribution in [3.05, 3.63) is 11.8 Å². The van der Waals surface area contributed by atoms with Crippen LogP contribution in [-0.4, -0.2) is 15.3 Å². The SMILES string of the molecule is Cn1ncc(C#N)c1SC(F)(F)F. The van der Waals surface area contributed by atoms with E-state index in [1.54, 1.807) is 6.07 Å². The highest BCUT2D eigenvalue weighted by molar-refractivity contribution is 8.00. The number of alkyl halides is 3. The Balaban J connectivity index is 3.00. The topological polar surface area (TPSA) is 41.6 Å². The van der Waals surface area contributed by atoms with E-state index in [9.17, 15) is 13.2 Å². The van der Waals surface area contributed by atoms with Gasteiger partial charge in [-0.2, -0.15) is 23.5 Å². The Kier molecular flexibility index (Phi) is 2.52. The Morgan fingerprint density at radius 2 is 2.23 bits per heavy atom. The highest BCUT2D eigenvalue weighted by Crippen LogP contribution is 2.37.